The van der Waals surface area contributed by atoms with Gasteiger partial charge in [0, 0.05) is 31.2 Å². The van der Waals surface area contributed by atoms with Gasteiger partial charge in [0.15, 0.2) is 0 Å². The van der Waals surface area contributed by atoms with E-state index in [1.165, 1.54) is 4.90 Å². The lowest BCUT2D eigenvalue weighted by Gasteiger charge is -2.13. The zero-order valence-corrected chi connectivity index (χ0v) is 13.2. The van der Waals surface area contributed by atoms with E-state index in [4.69, 9.17) is 11.6 Å². The van der Waals surface area contributed by atoms with Crippen molar-refractivity contribution in [3.63, 3.8) is 0 Å². The van der Waals surface area contributed by atoms with Crippen molar-refractivity contribution in [2.75, 3.05) is 19.4 Å². The molecule has 0 radical (unpaired) electrons. The van der Waals surface area contributed by atoms with Crippen LogP contribution in [0.25, 0.3) is 0 Å². The molecule has 1 heterocycles. The number of hydrogen-bond acceptors (Lipinski definition) is 4. The predicted octanol–water partition coefficient (Wildman–Crippen LogP) is 3.19. The molecule has 0 saturated heterocycles. The Morgan fingerprint density at radius 2 is 1.76 bits per heavy atom. The van der Waals surface area contributed by atoms with Gasteiger partial charge in [-0.05, 0) is 38.1 Å². The van der Waals surface area contributed by atoms with Gasteiger partial charge in [0.2, 0.25) is 5.95 Å². The Kier molecular flexibility index (Phi) is 4.43. The third-order valence-corrected chi connectivity index (χ3v) is 3.16. The van der Waals surface area contributed by atoms with E-state index in [2.05, 4.69) is 15.3 Å². The molecule has 1 amide bonds. The van der Waals surface area contributed by atoms with Crippen LogP contribution in [0.5, 0.6) is 0 Å². The largest absolute Gasteiger partial charge is 0.345 e. The number of aryl methyl sites for hydroxylation is 2. The molecule has 5 nitrogen and oxygen atoms in total. The molecule has 2 rings (SSSR count). The molecule has 0 saturated carbocycles. The van der Waals surface area contributed by atoms with Gasteiger partial charge in [0.05, 0.1) is 10.6 Å². The lowest BCUT2D eigenvalue weighted by atomic mass is 10.2. The second-order valence-electron chi connectivity index (χ2n) is 4.99. The molecule has 1 aromatic carbocycles. The minimum atomic E-state index is -0.130. The number of aromatic nitrogens is 2. The Labute approximate surface area is 129 Å². The van der Waals surface area contributed by atoms with Gasteiger partial charge < -0.3 is 10.2 Å². The number of amides is 1. The van der Waals surface area contributed by atoms with Crippen molar-refractivity contribution in [2.24, 2.45) is 0 Å². The van der Waals surface area contributed by atoms with E-state index in [0.717, 1.165) is 17.1 Å². The van der Waals surface area contributed by atoms with E-state index in [9.17, 15) is 4.79 Å². The number of carbonyl (C=O) groups is 1. The van der Waals surface area contributed by atoms with Crippen molar-refractivity contribution in [3.8, 4) is 0 Å². The fraction of sp³-hybridized carbons (Fsp3) is 0.267. The minimum absolute atomic E-state index is 0.130. The molecule has 1 N–H and O–H groups in total. The summed E-state index contributed by atoms with van der Waals surface area (Å²) in [4.78, 5) is 22.0. The molecule has 21 heavy (non-hydrogen) atoms. The molecule has 2 aromatic rings. The minimum Gasteiger partial charge on any atom is -0.345 e. The van der Waals surface area contributed by atoms with Crippen LogP contribution in [-0.4, -0.2) is 34.9 Å². The number of nitrogens with one attached hydrogen (secondary N) is 1. The van der Waals surface area contributed by atoms with E-state index in [1.54, 1.807) is 32.3 Å². The van der Waals surface area contributed by atoms with Crippen LogP contribution in [0.1, 0.15) is 21.7 Å². The molecule has 0 aliphatic carbocycles. The number of benzene rings is 1. The van der Waals surface area contributed by atoms with Gasteiger partial charge in [-0.25, -0.2) is 9.97 Å². The van der Waals surface area contributed by atoms with E-state index in [-0.39, 0.29) is 5.91 Å². The number of nitrogens with zero attached hydrogens (tertiary/aromatic N) is 3. The zero-order chi connectivity index (χ0) is 15.6. The number of halogens is 1. The molecular formula is C15H17ClN4O. The summed E-state index contributed by atoms with van der Waals surface area (Å²) in [6.07, 6.45) is 0. The molecular weight excluding hydrogens is 288 g/mol. The number of carbonyl (C=O) groups excluding carboxylic acids is 1. The first-order valence-corrected chi connectivity index (χ1v) is 6.85. The summed E-state index contributed by atoms with van der Waals surface area (Å²) in [7, 11) is 3.38. The van der Waals surface area contributed by atoms with Crippen LogP contribution in [-0.2, 0) is 0 Å². The first-order valence-electron chi connectivity index (χ1n) is 6.47. The van der Waals surface area contributed by atoms with E-state index < -0.39 is 0 Å². The topological polar surface area (TPSA) is 58.1 Å². The van der Waals surface area contributed by atoms with Crippen LogP contribution < -0.4 is 5.32 Å². The van der Waals surface area contributed by atoms with Crippen molar-refractivity contribution in [3.05, 3.63) is 46.2 Å². The fourth-order valence-corrected chi connectivity index (χ4v) is 2.18. The summed E-state index contributed by atoms with van der Waals surface area (Å²) in [6, 6.07) is 7.07. The maximum absolute atomic E-state index is 11.9. The first kappa shape index (κ1) is 15.3. The fourth-order valence-electron chi connectivity index (χ4n) is 1.92. The highest BCUT2D eigenvalue weighted by atomic mass is 35.5. The molecule has 0 fully saturated rings. The van der Waals surface area contributed by atoms with Crippen molar-refractivity contribution in [1.29, 1.82) is 0 Å². The number of rotatable bonds is 3. The third-order valence-electron chi connectivity index (χ3n) is 2.84. The standard InChI is InChI=1S/C15H17ClN4O/c1-9-7-10(2)18-15(17-9)19-11-5-6-12(13(16)8-11)14(21)20(3)4/h5-8H,1-4H3,(H,17,18,19). The Balaban J connectivity index is 2.26. The lowest BCUT2D eigenvalue weighted by Crippen LogP contribution is -2.21. The van der Waals surface area contributed by atoms with E-state index in [1.807, 2.05) is 19.9 Å². The van der Waals surface area contributed by atoms with Crippen LogP contribution in [0.3, 0.4) is 0 Å². The van der Waals surface area contributed by atoms with Gasteiger partial charge in [-0.2, -0.15) is 0 Å². The van der Waals surface area contributed by atoms with Gasteiger partial charge >= 0.3 is 0 Å². The van der Waals surface area contributed by atoms with E-state index >= 15 is 0 Å². The van der Waals surface area contributed by atoms with Crippen LogP contribution in [0.4, 0.5) is 11.6 Å². The Bertz CT molecular complexity index is 665. The molecule has 0 aliphatic heterocycles. The second-order valence-corrected chi connectivity index (χ2v) is 5.40. The average Bonchev–Trinajstić information content (AvgIpc) is 2.36. The van der Waals surface area contributed by atoms with Gasteiger partial charge in [-0.3, -0.25) is 4.79 Å². The highest BCUT2D eigenvalue weighted by molar-refractivity contribution is 6.34. The van der Waals surface area contributed by atoms with Crippen molar-refractivity contribution >= 4 is 29.1 Å². The molecule has 0 aliphatic rings. The normalized spacial score (nSPS) is 10.3. The van der Waals surface area contributed by atoms with E-state index in [0.29, 0.717) is 16.5 Å². The van der Waals surface area contributed by atoms with Crippen molar-refractivity contribution in [2.45, 2.75) is 13.8 Å². The van der Waals surface area contributed by atoms with Crippen molar-refractivity contribution < 1.29 is 4.79 Å². The molecule has 110 valence electrons. The summed E-state index contributed by atoms with van der Waals surface area (Å²) in [5.41, 5.74) is 2.97. The maximum Gasteiger partial charge on any atom is 0.254 e. The van der Waals surface area contributed by atoms with Crippen LogP contribution >= 0.6 is 11.6 Å². The average molecular weight is 305 g/mol. The number of hydrogen-bond donors (Lipinski definition) is 1. The summed E-state index contributed by atoms with van der Waals surface area (Å²) in [5.74, 6) is 0.379. The van der Waals surface area contributed by atoms with Crippen LogP contribution in [0.15, 0.2) is 24.3 Å². The second kappa shape index (κ2) is 6.10. The smallest absolute Gasteiger partial charge is 0.254 e. The summed E-state index contributed by atoms with van der Waals surface area (Å²) in [5, 5.41) is 3.48. The van der Waals surface area contributed by atoms with Gasteiger partial charge in [0.25, 0.3) is 5.91 Å². The Hall–Kier alpha value is -2.14. The SMILES string of the molecule is Cc1cc(C)nc(Nc2ccc(C(=O)N(C)C)c(Cl)c2)n1. The summed E-state index contributed by atoms with van der Waals surface area (Å²) >= 11 is 6.17. The first-order chi connectivity index (χ1) is 9.86. The lowest BCUT2D eigenvalue weighted by molar-refractivity contribution is 0.0828. The van der Waals surface area contributed by atoms with Crippen LogP contribution in [0, 0.1) is 13.8 Å². The Morgan fingerprint density at radius 1 is 1.14 bits per heavy atom. The summed E-state index contributed by atoms with van der Waals surface area (Å²) < 4.78 is 0. The maximum atomic E-state index is 11.9. The highest BCUT2D eigenvalue weighted by Gasteiger charge is 2.13. The zero-order valence-electron chi connectivity index (χ0n) is 12.4. The molecule has 1 aromatic heterocycles. The highest BCUT2D eigenvalue weighted by Crippen LogP contribution is 2.23. The Morgan fingerprint density at radius 3 is 2.29 bits per heavy atom. The molecule has 0 unspecified atom stereocenters. The van der Waals surface area contributed by atoms with Gasteiger partial charge in [0.1, 0.15) is 0 Å². The molecule has 0 atom stereocenters. The van der Waals surface area contributed by atoms with Crippen LogP contribution in [0.2, 0.25) is 5.02 Å². The van der Waals surface area contributed by atoms with Crippen molar-refractivity contribution in [1.82, 2.24) is 14.9 Å². The molecule has 6 heteroatoms. The van der Waals surface area contributed by atoms with Gasteiger partial charge in [-0.1, -0.05) is 11.6 Å². The molecule has 0 bridgehead atoms. The number of anilines is 2. The summed E-state index contributed by atoms with van der Waals surface area (Å²) in [6.45, 7) is 3.82. The quantitative estimate of drug-likeness (QED) is 0.946. The molecule has 0 spiro atoms. The predicted molar refractivity (Wildman–Crippen MR) is 84.3 cm³/mol. The van der Waals surface area contributed by atoms with Gasteiger partial charge in [-0.15, -0.1) is 0 Å². The third kappa shape index (κ3) is 3.70. The monoisotopic (exact) mass is 304 g/mol.